The molecular weight excluding hydrogens is 537 g/mol. The van der Waals surface area contributed by atoms with Crippen molar-refractivity contribution in [2.45, 2.75) is 21.9 Å². The number of rotatable bonds is 8. The van der Waals surface area contributed by atoms with Gasteiger partial charge in [-0.3, -0.25) is 4.55 Å². The Hall–Kier alpha value is -2.06. The average molecular weight is 545 g/mol. The fourth-order valence-electron chi connectivity index (χ4n) is 1.55. The van der Waals surface area contributed by atoms with E-state index in [1.165, 1.54) is 0 Å². The Kier molecular flexibility index (Phi) is 7.05. The Bertz CT molecular complexity index is 1210. The molecule has 32 heavy (non-hydrogen) atoms. The Morgan fingerprint density at radius 1 is 0.844 bits per heavy atom. The number of halogens is 9. The molecule has 0 saturated carbocycles. The van der Waals surface area contributed by atoms with Crippen LogP contribution in [0, 0.1) is 0 Å². The van der Waals surface area contributed by atoms with Gasteiger partial charge in [0, 0.05) is 0 Å². The van der Waals surface area contributed by atoms with Crippen LogP contribution in [0.3, 0.4) is 0 Å². The van der Waals surface area contributed by atoms with E-state index in [2.05, 4.69) is 10.8 Å². The molecule has 0 fully saturated rings. The van der Waals surface area contributed by atoms with E-state index >= 15 is 0 Å². The molecule has 0 heterocycles. The van der Waals surface area contributed by atoms with Gasteiger partial charge in [0.2, 0.25) is 0 Å². The van der Waals surface area contributed by atoms with Crippen LogP contribution in [0.1, 0.15) is 5.56 Å². The first-order valence-corrected chi connectivity index (χ1v) is 11.4. The Balaban J connectivity index is 3.58. The van der Waals surface area contributed by atoms with Crippen molar-refractivity contribution < 1.29 is 69.3 Å². The normalized spacial score (nSPS) is 16.2. The molecule has 0 aromatic heterocycles. The highest BCUT2D eigenvalue weighted by molar-refractivity contribution is 8.01. The molecule has 0 radical (unpaired) electrons. The van der Waals surface area contributed by atoms with Gasteiger partial charge >= 0.3 is 42.1 Å². The van der Waals surface area contributed by atoms with Crippen LogP contribution in [0.5, 0.6) is 5.75 Å². The third kappa shape index (κ3) is 4.66. The topological polar surface area (TPSA) is 127 Å². The number of hydrogen-bond acceptors (Lipinski definition) is 6. The molecule has 0 amide bonds. The summed E-state index contributed by atoms with van der Waals surface area (Å²) in [7, 11) is -22.2. The SMILES string of the molecule is C=Cc1ccc(OS(=O)(=O)C(F)(F)C(F)(F)C(F)(F)S(=O)(O)=NS(=O)(=O)C(F)(F)F)cc1. The zero-order chi connectivity index (χ0) is 25.6. The summed E-state index contributed by atoms with van der Waals surface area (Å²) in [5.74, 6) is -8.65. The third-order valence-electron chi connectivity index (χ3n) is 3.19. The van der Waals surface area contributed by atoms with Crippen LogP contribution in [0.4, 0.5) is 39.5 Å². The van der Waals surface area contributed by atoms with Gasteiger partial charge in [0.1, 0.15) is 5.75 Å². The Labute approximate surface area is 173 Å². The molecule has 1 rings (SSSR count). The summed E-state index contributed by atoms with van der Waals surface area (Å²) in [4.78, 5) is 0. The predicted molar refractivity (Wildman–Crippen MR) is 89.1 cm³/mol. The molecule has 184 valence electrons. The minimum absolute atomic E-state index is 0.228. The average Bonchev–Trinajstić information content (AvgIpc) is 2.59. The monoisotopic (exact) mass is 545 g/mol. The van der Waals surface area contributed by atoms with E-state index in [4.69, 9.17) is 4.55 Å². The van der Waals surface area contributed by atoms with E-state index in [1.807, 2.05) is 0 Å². The lowest BCUT2D eigenvalue weighted by Crippen LogP contribution is -2.61. The van der Waals surface area contributed by atoms with E-state index in [9.17, 15) is 60.6 Å². The maximum absolute atomic E-state index is 13.9. The molecule has 1 aromatic rings. The molecule has 1 unspecified atom stereocenters. The summed E-state index contributed by atoms with van der Waals surface area (Å²) in [6.07, 6.45) is 1.15. The van der Waals surface area contributed by atoms with Gasteiger partial charge in [0.25, 0.3) is 10.0 Å². The van der Waals surface area contributed by atoms with Crippen molar-refractivity contribution >= 4 is 36.2 Å². The van der Waals surface area contributed by atoms with Crippen molar-refractivity contribution in [1.82, 2.24) is 0 Å². The second-order valence-corrected chi connectivity index (χ2v) is 10.5. The van der Waals surface area contributed by atoms with Crippen LogP contribution in [0.25, 0.3) is 6.08 Å². The van der Waals surface area contributed by atoms with Gasteiger partial charge in [0.05, 0.1) is 0 Å². The highest BCUT2D eigenvalue weighted by Crippen LogP contribution is 2.51. The van der Waals surface area contributed by atoms with E-state index in [0.717, 1.165) is 18.2 Å². The summed E-state index contributed by atoms with van der Waals surface area (Å²) < 4.78 is 188. The van der Waals surface area contributed by atoms with Crippen LogP contribution in [0.2, 0.25) is 0 Å². The van der Waals surface area contributed by atoms with E-state index in [-0.39, 0.29) is 5.56 Å². The highest BCUT2D eigenvalue weighted by Gasteiger charge is 2.82. The lowest BCUT2D eigenvalue weighted by Gasteiger charge is -2.31. The first-order chi connectivity index (χ1) is 14.0. The summed E-state index contributed by atoms with van der Waals surface area (Å²) in [6.45, 7) is 3.26. The smallest absolute Gasteiger partial charge is 0.378 e. The summed E-state index contributed by atoms with van der Waals surface area (Å²) in [6, 6.07) is 3.07. The van der Waals surface area contributed by atoms with Crippen LogP contribution in [-0.2, 0) is 30.2 Å². The van der Waals surface area contributed by atoms with Crippen LogP contribution >= 0.6 is 0 Å². The van der Waals surface area contributed by atoms with Gasteiger partial charge < -0.3 is 4.18 Å². The molecule has 0 aliphatic heterocycles. The summed E-state index contributed by atoms with van der Waals surface area (Å²) in [5.41, 5.74) is -6.44. The molecule has 0 saturated heterocycles. The summed E-state index contributed by atoms with van der Waals surface area (Å²) in [5, 5.41) is -14.5. The quantitative estimate of drug-likeness (QED) is 0.390. The van der Waals surface area contributed by atoms with Gasteiger partial charge in [0.15, 0.2) is 0 Å². The molecule has 8 nitrogen and oxygen atoms in total. The van der Waals surface area contributed by atoms with Gasteiger partial charge in [-0.2, -0.15) is 56.3 Å². The Morgan fingerprint density at radius 2 is 1.28 bits per heavy atom. The minimum Gasteiger partial charge on any atom is -0.378 e. The van der Waals surface area contributed by atoms with Crippen molar-refractivity contribution in [2.75, 3.05) is 0 Å². The second kappa shape index (κ2) is 8.06. The minimum atomic E-state index is -7.71. The van der Waals surface area contributed by atoms with Crippen LogP contribution in [0.15, 0.2) is 34.6 Å². The zero-order valence-electron chi connectivity index (χ0n) is 14.6. The van der Waals surface area contributed by atoms with Crippen molar-refractivity contribution in [3.8, 4) is 5.75 Å². The number of nitrogens with zero attached hydrogens (tertiary/aromatic N) is 1. The predicted octanol–water partition coefficient (Wildman–Crippen LogP) is 3.65. The molecule has 0 bridgehead atoms. The molecule has 1 atom stereocenters. The molecular formula is C12H8F9NO7S3. The maximum atomic E-state index is 13.9. The van der Waals surface area contributed by atoms with Crippen molar-refractivity contribution in [3.05, 3.63) is 36.4 Å². The zero-order valence-corrected chi connectivity index (χ0v) is 17.0. The third-order valence-corrected chi connectivity index (χ3v) is 7.59. The Morgan fingerprint density at radius 3 is 1.66 bits per heavy atom. The number of hydrogen-bond donors (Lipinski definition) is 1. The lowest BCUT2D eigenvalue weighted by atomic mass is 10.2. The van der Waals surface area contributed by atoms with Gasteiger partial charge in [-0.05, 0) is 17.7 Å². The molecule has 20 heteroatoms. The van der Waals surface area contributed by atoms with Crippen molar-refractivity contribution in [1.29, 1.82) is 0 Å². The van der Waals surface area contributed by atoms with E-state index in [0.29, 0.717) is 15.9 Å². The molecule has 0 spiro atoms. The maximum Gasteiger partial charge on any atom is 0.519 e. The fraction of sp³-hybridized carbons (Fsp3) is 0.333. The number of alkyl halides is 9. The largest absolute Gasteiger partial charge is 0.519 e. The lowest BCUT2D eigenvalue weighted by molar-refractivity contribution is -0.246. The highest BCUT2D eigenvalue weighted by atomic mass is 32.3. The van der Waals surface area contributed by atoms with Crippen molar-refractivity contribution in [3.63, 3.8) is 0 Å². The van der Waals surface area contributed by atoms with Crippen molar-refractivity contribution in [2.24, 2.45) is 3.77 Å². The number of benzene rings is 1. The van der Waals surface area contributed by atoms with E-state index in [1.54, 1.807) is 0 Å². The second-order valence-electron chi connectivity index (χ2n) is 5.41. The van der Waals surface area contributed by atoms with Crippen LogP contribution < -0.4 is 4.18 Å². The van der Waals surface area contributed by atoms with Gasteiger partial charge in [-0.1, -0.05) is 28.6 Å². The molecule has 0 aliphatic rings. The molecule has 0 aliphatic carbocycles. The fourth-order valence-corrected chi connectivity index (χ4v) is 4.77. The van der Waals surface area contributed by atoms with E-state index < -0.39 is 57.8 Å². The van der Waals surface area contributed by atoms with Gasteiger partial charge in [-0.25, -0.2) is 4.21 Å². The van der Waals surface area contributed by atoms with Crippen LogP contribution in [-0.4, -0.2) is 47.5 Å². The molecule has 1 aromatic carbocycles. The first-order valence-electron chi connectivity index (χ1n) is 7.08. The first kappa shape index (κ1) is 28.0. The standard InChI is InChI=1S/C12H8F9NO7S3/c1-2-7-3-5-8(6-4-7)29-32(27,28)11(17,18)9(13,14)10(15,16)30(23,24)22-31(25,26)12(19,20)21/h2-6H,1H2,(H,22,23,24). The van der Waals surface area contributed by atoms with Gasteiger partial charge in [-0.15, -0.1) is 0 Å². The summed E-state index contributed by atoms with van der Waals surface area (Å²) >= 11 is 0. The molecule has 1 N–H and O–H groups in total. The number of sulfonamides is 1.